The minimum atomic E-state index is -0.239. The van der Waals surface area contributed by atoms with E-state index in [1.165, 1.54) is 0 Å². The SMILES string of the molecule is O=C(NCCO)[C@@H]1[C@H](Nc2c(Cl)cnc3[nH]c(-c4ccc(N5CCOCC5)cc4)nc23)[C@H]2C=C[C@@H]1C2. The quantitative estimate of drug-likeness (QED) is 0.363. The Bertz CT molecular complexity index is 1290. The van der Waals surface area contributed by atoms with Crippen LogP contribution in [0.15, 0.2) is 42.6 Å². The fraction of sp³-hybridized carbons (Fsp3) is 0.423. The average Bonchev–Trinajstić information content (AvgIpc) is 3.65. The number of amides is 1. The topological polar surface area (TPSA) is 115 Å². The number of nitrogens with one attached hydrogen (secondary N) is 3. The minimum absolute atomic E-state index is 0.0529. The first-order chi connectivity index (χ1) is 17.6. The molecule has 1 amide bonds. The summed E-state index contributed by atoms with van der Waals surface area (Å²) in [5.74, 6) is 0.814. The Kier molecular flexibility index (Phi) is 6.29. The summed E-state index contributed by atoms with van der Waals surface area (Å²) in [5, 5.41) is 16.0. The Morgan fingerprint density at radius 1 is 1.19 bits per heavy atom. The van der Waals surface area contributed by atoms with Crippen molar-refractivity contribution in [1.29, 1.82) is 0 Å². The van der Waals surface area contributed by atoms with E-state index in [0.29, 0.717) is 27.7 Å². The number of ether oxygens (including phenoxy) is 1. The molecule has 1 saturated carbocycles. The van der Waals surface area contributed by atoms with Gasteiger partial charge in [-0.15, -0.1) is 0 Å². The van der Waals surface area contributed by atoms with E-state index >= 15 is 0 Å². The van der Waals surface area contributed by atoms with Gasteiger partial charge in [0.15, 0.2) is 5.65 Å². The van der Waals surface area contributed by atoms with Crippen molar-refractivity contribution in [2.45, 2.75) is 12.5 Å². The van der Waals surface area contributed by atoms with E-state index in [9.17, 15) is 4.79 Å². The van der Waals surface area contributed by atoms with Crippen molar-refractivity contribution < 1.29 is 14.6 Å². The van der Waals surface area contributed by atoms with Gasteiger partial charge in [-0.2, -0.15) is 0 Å². The van der Waals surface area contributed by atoms with Gasteiger partial charge in [0.05, 0.1) is 42.6 Å². The van der Waals surface area contributed by atoms with E-state index < -0.39 is 0 Å². The van der Waals surface area contributed by atoms with Crippen LogP contribution in [0.3, 0.4) is 0 Å². The molecular formula is C26H29ClN6O3. The van der Waals surface area contributed by atoms with Crippen LogP contribution in [0.1, 0.15) is 6.42 Å². The highest BCUT2D eigenvalue weighted by atomic mass is 35.5. The third-order valence-electron chi connectivity index (χ3n) is 7.47. The maximum Gasteiger partial charge on any atom is 0.225 e. The molecular weight excluding hydrogens is 480 g/mol. The minimum Gasteiger partial charge on any atom is -0.395 e. The van der Waals surface area contributed by atoms with Crippen molar-refractivity contribution in [3.63, 3.8) is 0 Å². The lowest BCUT2D eigenvalue weighted by Gasteiger charge is -2.29. The van der Waals surface area contributed by atoms with Crippen molar-refractivity contribution >= 4 is 40.0 Å². The van der Waals surface area contributed by atoms with Gasteiger partial charge in [-0.25, -0.2) is 9.97 Å². The van der Waals surface area contributed by atoms with Gasteiger partial charge in [0.25, 0.3) is 0 Å². The summed E-state index contributed by atoms with van der Waals surface area (Å²) in [6, 6.07) is 8.20. The second kappa shape index (κ2) is 9.72. The van der Waals surface area contributed by atoms with Crippen molar-refractivity contribution in [2.24, 2.45) is 17.8 Å². The van der Waals surface area contributed by atoms with Crippen LogP contribution in [0.2, 0.25) is 5.02 Å². The number of aromatic amines is 1. The second-order valence-electron chi connectivity index (χ2n) is 9.57. The normalized spacial score (nSPS) is 25.0. The number of rotatable bonds is 7. The molecule has 1 saturated heterocycles. The molecule has 3 aliphatic rings. The predicted octanol–water partition coefficient (Wildman–Crippen LogP) is 2.83. The smallest absolute Gasteiger partial charge is 0.225 e. The lowest BCUT2D eigenvalue weighted by atomic mass is 9.87. The van der Waals surface area contributed by atoms with E-state index in [1.54, 1.807) is 6.20 Å². The Labute approximate surface area is 213 Å². The van der Waals surface area contributed by atoms with E-state index in [-0.39, 0.29) is 42.9 Å². The summed E-state index contributed by atoms with van der Waals surface area (Å²) in [5.41, 5.74) is 4.08. The molecule has 0 radical (unpaired) electrons. The van der Waals surface area contributed by atoms with Crippen molar-refractivity contribution in [2.75, 3.05) is 49.7 Å². The number of anilines is 2. The number of aliphatic hydroxyl groups excluding tert-OH is 1. The molecule has 1 aliphatic heterocycles. The number of fused-ring (bicyclic) bond motifs is 3. The average molecular weight is 509 g/mol. The number of carbonyl (C=O) groups excluding carboxylic acids is 1. The molecule has 6 rings (SSSR count). The number of H-pyrrole nitrogens is 1. The number of carbonyl (C=O) groups is 1. The highest BCUT2D eigenvalue weighted by Gasteiger charge is 2.48. The molecule has 9 nitrogen and oxygen atoms in total. The van der Waals surface area contributed by atoms with Crippen LogP contribution in [-0.2, 0) is 9.53 Å². The Morgan fingerprint density at radius 2 is 1.97 bits per heavy atom. The lowest BCUT2D eigenvalue weighted by Crippen LogP contribution is -2.44. The number of aromatic nitrogens is 3. The molecule has 2 aliphatic carbocycles. The van der Waals surface area contributed by atoms with Gasteiger partial charge < -0.3 is 30.4 Å². The molecule has 36 heavy (non-hydrogen) atoms. The van der Waals surface area contributed by atoms with Crippen molar-refractivity contribution in [3.8, 4) is 11.4 Å². The summed E-state index contributed by atoms with van der Waals surface area (Å²) in [6.07, 6.45) is 6.83. The maximum absolute atomic E-state index is 12.9. The monoisotopic (exact) mass is 508 g/mol. The van der Waals surface area contributed by atoms with Gasteiger partial charge in [0.2, 0.25) is 5.91 Å². The van der Waals surface area contributed by atoms with Gasteiger partial charge in [0.1, 0.15) is 11.3 Å². The van der Waals surface area contributed by atoms with E-state index in [0.717, 1.165) is 44.0 Å². The third kappa shape index (κ3) is 4.21. The summed E-state index contributed by atoms with van der Waals surface area (Å²) < 4.78 is 5.45. The predicted molar refractivity (Wildman–Crippen MR) is 139 cm³/mol. The zero-order valence-electron chi connectivity index (χ0n) is 19.8. The molecule has 2 fully saturated rings. The molecule has 1 aromatic carbocycles. The number of hydrogen-bond acceptors (Lipinski definition) is 7. The first-order valence-corrected chi connectivity index (χ1v) is 12.8. The molecule has 10 heteroatoms. The maximum atomic E-state index is 12.9. The number of halogens is 1. The van der Waals surface area contributed by atoms with E-state index in [2.05, 4.69) is 61.9 Å². The molecule has 0 unspecified atom stereocenters. The zero-order chi connectivity index (χ0) is 24.6. The molecule has 2 bridgehead atoms. The first-order valence-electron chi connectivity index (χ1n) is 12.4. The van der Waals surface area contributed by atoms with Gasteiger partial charge >= 0.3 is 0 Å². The Balaban J connectivity index is 1.28. The molecule has 3 heterocycles. The first kappa shape index (κ1) is 23.3. The Morgan fingerprint density at radius 3 is 2.75 bits per heavy atom. The molecule has 2 aromatic heterocycles. The van der Waals surface area contributed by atoms with Gasteiger partial charge in [0, 0.05) is 36.9 Å². The molecule has 0 spiro atoms. The number of imidazole rings is 1. The highest BCUT2D eigenvalue weighted by molar-refractivity contribution is 6.34. The van der Waals surface area contributed by atoms with Gasteiger partial charge in [-0.05, 0) is 42.5 Å². The number of benzene rings is 1. The number of hydrogen-bond donors (Lipinski definition) is 4. The molecule has 188 valence electrons. The number of pyridine rings is 1. The van der Waals surface area contributed by atoms with Crippen LogP contribution in [0, 0.1) is 17.8 Å². The fourth-order valence-corrected chi connectivity index (χ4v) is 5.89. The number of aliphatic hydroxyl groups is 1. The van der Waals surface area contributed by atoms with Crippen molar-refractivity contribution in [1.82, 2.24) is 20.3 Å². The van der Waals surface area contributed by atoms with Gasteiger partial charge in [-0.3, -0.25) is 4.79 Å². The summed E-state index contributed by atoms with van der Waals surface area (Å²) in [4.78, 5) is 27.9. The summed E-state index contributed by atoms with van der Waals surface area (Å²) in [7, 11) is 0. The van der Waals surface area contributed by atoms with E-state index in [4.69, 9.17) is 26.4 Å². The molecule has 4 atom stereocenters. The molecule has 4 N–H and O–H groups in total. The lowest BCUT2D eigenvalue weighted by molar-refractivity contribution is -0.126. The van der Waals surface area contributed by atoms with Crippen LogP contribution in [0.5, 0.6) is 0 Å². The van der Waals surface area contributed by atoms with Crippen molar-refractivity contribution in [3.05, 3.63) is 47.6 Å². The van der Waals surface area contributed by atoms with Crippen LogP contribution in [-0.4, -0.2) is 71.5 Å². The summed E-state index contributed by atoms with van der Waals surface area (Å²) >= 11 is 6.61. The Hall–Kier alpha value is -3.14. The van der Waals surface area contributed by atoms with Crippen LogP contribution in [0.4, 0.5) is 11.4 Å². The standard InChI is InChI=1S/C26H29ClN6O3/c27-19-14-29-25-23(22(19)30-21-17-2-1-16(13-17)20(21)26(35)28-7-10-34)31-24(32-25)15-3-5-18(6-4-15)33-8-11-36-12-9-33/h1-6,14,16-17,20-21,34H,7-13H2,(H,28,35)(H2,29,30,31,32)/t16-,17+,20+,21-/m1/s1. The zero-order valence-corrected chi connectivity index (χ0v) is 20.5. The summed E-state index contributed by atoms with van der Waals surface area (Å²) in [6.45, 7) is 3.43. The van der Waals surface area contributed by atoms with Gasteiger partial charge in [-0.1, -0.05) is 23.8 Å². The number of morpholine rings is 1. The van der Waals surface area contributed by atoms with Crippen LogP contribution in [0.25, 0.3) is 22.6 Å². The van der Waals surface area contributed by atoms with Crippen LogP contribution < -0.4 is 15.5 Å². The fourth-order valence-electron chi connectivity index (χ4n) is 5.70. The second-order valence-corrected chi connectivity index (χ2v) is 9.98. The third-order valence-corrected chi connectivity index (χ3v) is 7.75. The number of nitrogens with zero attached hydrogens (tertiary/aromatic N) is 3. The van der Waals surface area contributed by atoms with E-state index in [1.807, 2.05) is 0 Å². The number of allylic oxidation sites excluding steroid dienone is 1. The van der Waals surface area contributed by atoms with Crippen LogP contribution >= 0.6 is 11.6 Å². The largest absolute Gasteiger partial charge is 0.395 e. The molecule has 3 aromatic rings. The highest BCUT2D eigenvalue weighted by Crippen LogP contribution is 2.46.